The number of rotatable bonds is 3. The van der Waals surface area contributed by atoms with Crippen LogP contribution in [0.15, 0.2) is 40.9 Å². The molecule has 6 nitrogen and oxygen atoms in total. The van der Waals surface area contributed by atoms with Gasteiger partial charge in [0.1, 0.15) is 5.69 Å². The molecule has 1 fully saturated rings. The third kappa shape index (κ3) is 2.92. The summed E-state index contributed by atoms with van der Waals surface area (Å²) in [4.78, 5) is 20.1. The Kier molecular flexibility index (Phi) is 3.82. The van der Waals surface area contributed by atoms with Crippen LogP contribution >= 0.6 is 0 Å². The van der Waals surface area contributed by atoms with E-state index in [1.165, 1.54) is 0 Å². The van der Waals surface area contributed by atoms with Crippen molar-refractivity contribution in [1.29, 1.82) is 0 Å². The Balaban J connectivity index is 1.39. The molecule has 1 N–H and O–H groups in total. The number of hydrogen-bond acceptors (Lipinski definition) is 4. The van der Waals surface area contributed by atoms with Crippen LogP contribution in [0.2, 0.25) is 0 Å². The van der Waals surface area contributed by atoms with E-state index in [4.69, 9.17) is 4.52 Å². The van der Waals surface area contributed by atoms with Gasteiger partial charge in [-0.25, -0.2) is 0 Å². The van der Waals surface area contributed by atoms with Crippen molar-refractivity contribution in [1.82, 2.24) is 19.9 Å². The van der Waals surface area contributed by atoms with Gasteiger partial charge in [0, 0.05) is 43.1 Å². The van der Waals surface area contributed by atoms with E-state index in [0.717, 1.165) is 55.1 Å². The molecule has 2 aromatic heterocycles. The van der Waals surface area contributed by atoms with E-state index in [1.807, 2.05) is 48.2 Å². The number of aromatic nitrogens is 2. The summed E-state index contributed by atoms with van der Waals surface area (Å²) in [6.07, 6.45) is 0. The van der Waals surface area contributed by atoms with E-state index in [0.29, 0.717) is 5.69 Å². The predicted molar refractivity (Wildman–Crippen MR) is 90.7 cm³/mol. The van der Waals surface area contributed by atoms with Gasteiger partial charge in [-0.3, -0.25) is 9.69 Å². The number of carbonyl (C=O) groups is 1. The van der Waals surface area contributed by atoms with Crippen molar-refractivity contribution in [3.8, 4) is 0 Å². The average molecular weight is 324 g/mol. The first-order valence-corrected chi connectivity index (χ1v) is 8.20. The molecular formula is C18H20N4O2. The van der Waals surface area contributed by atoms with Crippen molar-refractivity contribution >= 4 is 16.8 Å². The molecule has 1 saturated heterocycles. The molecule has 3 heterocycles. The molecule has 0 radical (unpaired) electrons. The number of aryl methyl sites for hydroxylation is 1. The lowest BCUT2D eigenvalue weighted by atomic mass is 10.2. The Morgan fingerprint density at radius 1 is 1.21 bits per heavy atom. The molecule has 4 rings (SSSR count). The third-order valence-corrected chi connectivity index (χ3v) is 4.48. The highest BCUT2D eigenvalue weighted by Crippen LogP contribution is 2.17. The van der Waals surface area contributed by atoms with Gasteiger partial charge in [-0.05, 0) is 19.1 Å². The quantitative estimate of drug-likeness (QED) is 0.803. The molecule has 0 unspecified atom stereocenters. The van der Waals surface area contributed by atoms with Crippen molar-refractivity contribution in [3.63, 3.8) is 0 Å². The second-order valence-electron chi connectivity index (χ2n) is 6.27. The molecule has 124 valence electrons. The van der Waals surface area contributed by atoms with Crippen molar-refractivity contribution in [2.24, 2.45) is 0 Å². The molecule has 0 bridgehead atoms. The van der Waals surface area contributed by atoms with Gasteiger partial charge in [0.25, 0.3) is 5.91 Å². The highest BCUT2D eigenvalue weighted by atomic mass is 16.5. The van der Waals surface area contributed by atoms with Gasteiger partial charge >= 0.3 is 0 Å². The first-order chi connectivity index (χ1) is 11.7. The van der Waals surface area contributed by atoms with E-state index in [1.54, 1.807) is 0 Å². The van der Waals surface area contributed by atoms with Gasteiger partial charge < -0.3 is 14.4 Å². The number of amides is 1. The zero-order valence-electron chi connectivity index (χ0n) is 13.7. The van der Waals surface area contributed by atoms with Crippen LogP contribution in [0.25, 0.3) is 10.9 Å². The maximum Gasteiger partial charge on any atom is 0.270 e. The number of nitrogens with zero attached hydrogens (tertiary/aromatic N) is 3. The second-order valence-corrected chi connectivity index (χ2v) is 6.27. The van der Waals surface area contributed by atoms with E-state index in [9.17, 15) is 4.79 Å². The first kappa shape index (κ1) is 15.0. The van der Waals surface area contributed by atoms with Gasteiger partial charge in [0.15, 0.2) is 5.76 Å². The topological polar surface area (TPSA) is 65.4 Å². The van der Waals surface area contributed by atoms with Gasteiger partial charge in [-0.15, -0.1) is 0 Å². The largest absolute Gasteiger partial charge is 0.360 e. The molecule has 0 spiro atoms. The van der Waals surface area contributed by atoms with Crippen LogP contribution in [0.3, 0.4) is 0 Å². The summed E-state index contributed by atoms with van der Waals surface area (Å²) < 4.78 is 5.27. The molecule has 0 aliphatic carbocycles. The summed E-state index contributed by atoms with van der Waals surface area (Å²) >= 11 is 0. The summed E-state index contributed by atoms with van der Waals surface area (Å²) in [5.41, 5.74) is 2.56. The fraction of sp³-hybridized carbons (Fsp3) is 0.333. The summed E-state index contributed by atoms with van der Waals surface area (Å²) in [7, 11) is 0. The third-order valence-electron chi connectivity index (χ3n) is 4.48. The van der Waals surface area contributed by atoms with Crippen LogP contribution in [-0.2, 0) is 6.54 Å². The summed E-state index contributed by atoms with van der Waals surface area (Å²) in [6.45, 7) is 5.79. The molecule has 0 saturated carbocycles. The fourth-order valence-electron chi connectivity index (χ4n) is 3.18. The minimum atomic E-state index is 0.0707. The highest BCUT2D eigenvalue weighted by Gasteiger charge is 2.23. The molecule has 1 aliphatic heterocycles. The molecule has 1 aliphatic rings. The number of fused-ring (bicyclic) bond motifs is 1. The lowest BCUT2D eigenvalue weighted by Crippen LogP contribution is -2.48. The number of aromatic amines is 1. The zero-order chi connectivity index (χ0) is 16.5. The van der Waals surface area contributed by atoms with Crippen LogP contribution in [0, 0.1) is 6.92 Å². The molecule has 0 atom stereocenters. The summed E-state index contributed by atoms with van der Waals surface area (Å²) in [5.74, 6) is 0.948. The maximum atomic E-state index is 12.7. The van der Waals surface area contributed by atoms with E-state index in [2.05, 4.69) is 15.0 Å². The zero-order valence-corrected chi connectivity index (χ0v) is 13.7. The lowest BCUT2D eigenvalue weighted by Gasteiger charge is -2.33. The summed E-state index contributed by atoms with van der Waals surface area (Å²) in [5, 5.41) is 4.98. The number of hydrogen-bond donors (Lipinski definition) is 1. The summed E-state index contributed by atoms with van der Waals surface area (Å²) in [6, 6.07) is 11.8. The number of piperazine rings is 1. The number of carbonyl (C=O) groups excluding carboxylic acids is 1. The molecule has 3 aromatic rings. The Labute approximate surface area is 140 Å². The number of H-pyrrole nitrogens is 1. The molecular weight excluding hydrogens is 304 g/mol. The molecule has 1 aromatic carbocycles. The smallest absolute Gasteiger partial charge is 0.270 e. The van der Waals surface area contributed by atoms with Gasteiger partial charge in [-0.1, -0.05) is 23.4 Å². The van der Waals surface area contributed by atoms with Crippen LogP contribution in [-0.4, -0.2) is 52.0 Å². The second kappa shape index (κ2) is 6.13. The van der Waals surface area contributed by atoms with Crippen LogP contribution in [0.5, 0.6) is 0 Å². The normalized spacial score (nSPS) is 16.0. The van der Waals surface area contributed by atoms with Crippen molar-refractivity contribution < 1.29 is 9.32 Å². The van der Waals surface area contributed by atoms with Gasteiger partial charge in [0.2, 0.25) is 0 Å². The SMILES string of the molecule is Cc1cc(CN2CCN(C(=O)c3cc4ccccc4[nH]3)CC2)on1. The van der Waals surface area contributed by atoms with Crippen LogP contribution in [0.1, 0.15) is 21.9 Å². The number of benzene rings is 1. The van der Waals surface area contributed by atoms with Crippen molar-refractivity contribution in [2.75, 3.05) is 26.2 Å². The van der Waals surface area contributed by atoms with E-state index < -0.39 is 0 Å². The van der Waals surface area contributed by atoms with Gasteiger partial charge in [0.05, 0.1) is 12.2 Å². The number of para-hydroxylation sites is 1. The van der Waals surface area contributed by atoms with Crippen LogP contribution < -0.4 is 0 Å². The number of nitrogens with one attached hydrogen (secondary N) is 1. The van der Waals surface area contributed by atoms with Crippen molar-refractivity contribution in [3.05, 3.63) is 53.5 Å². The maximum absolute atomic E-state index is 12.7. The van der Waals surface area contributed by atoms with E-state index in [-0.39, 0.29) is 5.91 Å². The highest BCUT2D eigenvalue weighted by molar-refractivity contribution is 5.98. The monoisotopic (exact) mass is 324 g/mol. The molecule has 24 heavy (non-hydrogen) atoms. The lowest BCUT2D eigenvalue weighted by molar-refractivity contribution is 0.0612. The Morgan fingerprint density at radius 3 is 2.71 bits per heavy atom. The van der Waals surface area contributed by atoms with Crippen LogP contribution in [0.4, 0.5) is 0 Å². The Morgan fingerprint density at radius 2 is 2.00 bits per heavy atom. The fourth-order valence-corrected chi connectivity index (χ4v) is 3.18. The van der Waals surface area contributed by atoms with Gasteiger partial charge in [-0.2, -0.15) is 0 Å². The van der Waals surface area contributed by atoms with Crippen molar-refractivity contribution in [2.45, 2.75) is 13.5 Å². The average Bonchev–Trinajstić information content (AvgIpc) is 3.21. The minimum absolute atomic E-state index is 0.0707. The molecule has 6 heteroatoms. The Hall–Kier alpha value is -2.60. The predicted octanol–water partition coefficient (Wildman–Crippen LogP) is 2.42. The minimum Gasteiger partial charge on any atom is -0.360 e. The van der Waals surface area contributed by atoms with E-state index >= 15 is 0 Å². The Bertz CT molecular complexity index is 826. The molecule has 1 amide bonds. The standard InChI is InChI=1S/C18H20N4O2/c1-13-10-15(24-20-13)12-21-6-8-22(9-7-21)18(23)17-11-14-4-2-3-5-16(14)19-17/h2-5,10-11,19H,6-9,12H2,1H3. The first-order valence-electron chi connectivity index (χ1n) is 8.20.